The molecular formula is C17H23N3O3. The van der Waals surface area contributed by atoms with E-state index >= 15 is 0 Å². The number of nitrogens with zero attached hydrogens (tertiary/aromatic N) is 1. The highest BCUT2D eigenvalue weighted by molar-refractivity contribution is 6.00. The van der Waals surface area contributed by atoms with Crippen molar-refractivity contribution >= 4 is 17.5 Å². The minimum atomic E-state index is -0.923. The van der Waals surface area contributed by atoms with Crippen molar-refractivity contribution in [3.8, 4) is 0 Å². The highest BCUT2D eigenvalue weighted by Crippen LogP contribution is 2.22. The lowest BCUT2D eigenvalue weighted by molar-refractivity contribution is -0.134. The maximum absolute atomic E-state index is 12.7. The van der Waals surface area contributed by atoms with Crippen molar-refractivity contribution in [1.82, 2.24) is 5.32 Å². The molecule has 6 nitrogen and oxygen atoms in total. The molecule has 0 spiro atoms. The molecule has 1 aromatic carbocycles. The smallest absolute Gasteiger partial charge is 0.249 e. The average Bonchev–Trinajstić information content (AvgIpc) is 2.58. The van der Waals surface area contributed by atoms with Crippen LogP contribution in [0.2, 0.25) is 0 Å². The van der Waals surface area contributed by atoms with Crippen molar-refractivity contribution in [2.24, 2.45) is 5.73 Å². The molecule has 2 amide bonds. The molecule has 0 aliphatic carbocycles. The van der Waals surface area contributed by atoms with E-state index < -0.39 is 11.6 Å². The topological polar surface area (TPSA) is 84.7 Å². The first kappa shape index (κ1) is 16.0. The van der Waals surface area contributed by atoms with Crippen molar-refractivity contribution in [2.45, 2.75) is 37.3 Å². The van der Waals surface area contributed by atoms with Crippen LogP contribution in [0.3, 0.4) is 0 Å². The lowest BCUT2D eigenvalue weighted by Crippen LogP contribution is -2.62. The number of hydrogen-bond donors (Lipinski definition) is 2. The van der Waals surface area contributed by atoms with Crippen LogP contribution in [0.5, 0.6) is 0 Å². The van der Waals surface area contributed by atoms with Crippen LogP contribution in [0.25, 0.3) is 0 Å². The lowest BCUT2D eigenvalue weighted by Gasteiger charge is -2.36. The number of hydrogen-bond acceptors (Lipinski definition) is 4. The number of carbonyl (C=O) groups is 2. The number of nitrogens with one attached hydrogen (secondary N) is 1. The number of anilines is 1. The number of ether oxygens (including phenoxy) is 1. The van der Waals surface area contributed by atoms with Crippen LogP contribution in [0.4, 0.5) is 5.69 Å². The van der Waals surface area contributed by atoms with Gasteiger partial charge in [-0.3, -0.25) is 9.59 Å². The summed E-state index contributed by atoms with van der Waals surface area (Å²) in [7, 11) is 0. The van der Waals surface area contributed by atoms with E-state index in [9.17, 15) is 9.59 Å². The number of nitrogens with two attached hydrogens (primary N) is 1. The van der Waals surface area contributed by atoms with E-state index in [1.807, 2.05) is 30.3 Å². The van der Waals surface area contributed by atoms with Gasteiger partial charge in [-0.2, -0.15) is 0 Å². The van der Waals surface area contributed by atoms with E-state index in [1.54, 1.807) is 4.90 Å². The summed E-state index contributed by atoms with van der Waals surface area (Å²) in [5.41, 5.74) is 6.14. The predicted molar refractivity (Wildman–Crippen MR) is 86.9 cm³/mol. The lowest BCUT2D eigenvalue weighted by atomic mass is 9.89. The van der Waals surface area contributed by atoms with Gasteiger partial charge in [-0.1, -0.05) is 18.2 Å². The molecule has 0 radical (unpaired) electrons. The summed E-state index contributed by atoms with van der Waals surface area (Å²) in [5.74, 6) is -0.305. The first-order valence-electron chi connectivity index (χ1n) is 8.14. The van der Waals surface area contributed by atoms with E-state index in [0.29, 0.717) is 39.0 Å². The molecule has 2 aliphatic heterocycles. The van der Waals surface area contributed by atoms with Crippen LogP contribution < -0.4 is 16.0 Å². The molecule has 0 saturated carbocycles. The van der Waals surface area contributed by atoms with Gasteiger partial charge >= 0.3 is 0 Å². The molecule has 3 N–H and O–H groups in total. The Balaban J connectivity index is 1.68. The number of para-hydroxylation sites is 1. The Morgan fingerprint density at radius 2 is 1.96 bits per heavy atom. The number of piperidine rings is 1. The SMILES string of the molecule is NC1(C(=O)NC2CCCN(c3ccccc3)C2=O)CCOCC1. The first-order chi connectivity index (χ1) is 11.1. The number of rotatable bonds is 3. The molecule has 6 heteroatoms. The minimum absolute atomic E-state index is 0.0635. The maximum atomic E-state index is 12.7. The van der Waals surface area contributed by atoms with Gasteiger partial charge in [0.25, 0.3) is 0 Å². The number of carbonyl (C=O) groups excluding carboxylic acids is 2. The zero-order valence-electron chi connectivity index (χ0n) is 13.2. The summed E-state index contributed by atoms with van der Waals surface area (Å²) < 4.78 is 5.27. The van der Waals surface area contributed by atoms with Gasteiger partial charge in [0.2, 0.25) is 11.8 Å². The summed E-state index contributed by atoms with van der Waals surface area (Å²) in [6.07, 6.45) is 2.48. The van der Waals surface area contributed by atoms with Crippen molar-refractivity contribution in [1.29, 1.82) is 0 Å². The predicted octanol–water partition coefficient (Wildman–Crippen LogP) is 0.806. The molecule has 1 atom stereocenters. The van der Waals surface area contributed by atoms with Gasteiger partial charge in [-0.15, -0.1) is 0 Å². The maximum Gasteiger partial charge on any atom is 0.249 e. The van der Waals surface area contributed by atoms with Crippen LogP contribution in [-0.2, 0) is 14.3 Å². The Labute approximate surface area is 136 Å². The summed E-state index contributed by atoms with van der Waals surface area (Å²) in [4.78, 5) is 26.9. The Bertz CT molecular complexity index is 570. The van der Waals surface area contributed by atoms with E-state index in [4.69, 9.17) is 10.5 Å². The summed E-state index contributed by atoms with van der Waals surface area (Å²) in [5, 5.41) is 2.87. The van der Waals surface area contributed by atoms with Gasteiger partial charge in [0, 0.05) is 25.4 Å². The Morgan fingerprint density at radius 3 is 2.65 bits per heavy atom. The number of amides is 2. The molecule has 2 heterocycles. The van der Waals surface area contributed by atoms with Crippen LogP contribution >= 0.6 is 0 Å². The third kappa shape index (κ3) is 3.38. The van der Waals surface area contributed by atoms with Gasteiger partial charge < -0.3 is 20.7 Å². The van der Waals surface area contributed by atoms with Crippen LogP contribution in [0, 0.1) is 0 Å². The van der Waals surface area contributed by atoms with Crippen molar-refractivity contribution in [3.05, 3.63) is 30.3 Å². The molecule has 1 aromatic rings. The molecule has 2 saturated heterocycles. The van der Waals surface area contributed by atoms with Gasteiger partial charge in [0.05, 0.1) is 5.54 Å². The Hall–Kier alpha value is -1.92. The van der Waals surface area contributed by atoms with Crippen LogP contribution in [0.15, 0.2) is 30.3 Å². The van der Waals surface area contributed by atoms with Crippen LogP contribution in [-0.4, -0.2) is 43.2 Å². The standard InChI is InChI=1S/C17H23N3O3/c18-17(8-11-23-12-9-17)16(22)19-14-7-4-10-20(15(14)21)13-5-2-1-3-6-13/h1-3,5-6,14H,4,7-12,18H2,(H,19,22). The fraction of sp³-hybridized carbons (Fsp3) is 0.529. The van der Waals surface area contributed by atoms with Gasteiger partial charge in [0.1, 0.15) is 6.04 Å². The zero-order valence-corrected chi connectivity index (χ0v) is 13.2. The molecule has 0 bridgehead atoms. The van der Waals surface area contributed by atoms with Crippen LogP contribution in [0.1, 0.15) is 25.7 Å². The highest BCUT2D eigenvalue weighted by Gasteiger charge is 2.39. The molecule has 1 unspecified atom stereocenters. The fourth-order valence-corrected chi connectivity index (χ4v) is 3.14. The number of benzene rings is 1. The van der Waals surface area contributed by atoms with Gasteiger partial charge in [0.15, 0.2) is 0 Å². The minimum Gasteiger partial charge on any atom is -0.381 e. The highest BCUT2D eigenvalue weighted by atomic mass is 16.5. The molecule has 23 heavy (non-hydrogen) atoms. The summed E-state index contributed by atoms with van der Waals surface area (Å²) in [6.45, 7) is 1.65. The second kappa shape index (κ2) is 6.68. The summed E-state index contributed by atoms with van der Waals surface area (Å²) in [6, 6.07) is 9.04. The molecular weight excluding hydrogens is 294 g/mol. The first-order valence-corrected chi connectivity index (χ1v) is 8.14. The van der Waals surface area contributed by atoms with E-state index in [1.165, 1.54) is 0 Å². The summed E-state index contributed by atoms with van der Waals surface area (Å²) >= 11 is 0. The Kier molecular flexibility index (Phi) is 4.63. The third-order valence-electron chi connectivity index (χ3n) is 4.65. The van der Waals surface area contributed by atoms with Crippen molar-refractivity contribution in [2.75, 3.05) is 24.7 Å². The zero-order chi connectivity index (χ0) is 16.3. The molecule has 0 aromatic heterocycles. The quantitative estimate of drug-likeness (QED) is 0.864. The Morgan fingerprint density at radius 1 is 1.26 bits per heavy atom. The van der Waals surface area contributed by atoms with Gasteiger partial charge in [-0.25, -0.2) is 0 Å². The third-order valence-corrected chi connectivity index (χ3v) is 4.65. The van der Waals surface area contributed by atoms with Crippen molar-refractivity contribution in [3.63, 3.8) is 0 Å². The van der Waals surface area contributed by atoms with Crippen molar-refractivity contribution < 1.29 is 14.3 Å². The normalized spacial score (nSPS) is 24.3. The van der Waals surface area contributed by atoms with E-state index in [-0.39, 0.29) is 11.8 Å². The molecule has 124 valence electrons. The molecule has 2 aliphatic rings. The molecule has 3 rings (SSSR count). The largest absolute Gasteiger partial charge is 0.381 e. The monoisotopic (exact) mass is 317 g/mol. The second-order valence-electron chi connectivity index (χ2n) is 6.26. The van der Waals surface area contributed by atoms with E-state index in [0.717, 1.165) is 12.1 Å². The average molecular weight is 317 g/mol. The fourth-order valence-electron chi connectivity index (χ4n) is 3.14. The molecule has 2 fully saturated rings. The van der Waals surface area contributed by atoms with Gasteiger partial charge in [-0.05, 0) is 37.8 Å². The van der Waals surface area contributed by atoms with E-state index in [2.05, 4.69) is 5.32 Å². The second-order valence-corrected chi connectivity index (χ2v) is 6.26.